The van der Waals surface area contributed by atoms with Crippen LogP contribution in [0.4, 0.5) is 9.18 Å². The third-order valence-corrected chi connectivity index (χ3v) is 3.68. The number of hydrazine groups is 1. The Balaban J connectivity index is 3.05. The summed E-state index contributed by atoms with van der Waals surface area (Å²) in [7, 11) is 0. The van der Waals surface area contributed by atoms with Crippen LogP contribution in [0, 0.1) is 12.7 Å². The molecule has 1 rings (SSSR count). The van der Waals surface area contributed by atoms with Crippen molar-refractivity contribution in [3.05, 3.63) is 33.5 Å². The maximum atomic E-state index is 14.1. The van der Waals surface area contributed by atoms with Crippen LogP contribution in [0.15, 0.2) is 16.6 Å². The van der Waals surface area contributed by atoms with Gasteiger partial charge in [-0.15, -0.1) is 0 Å². The summed E-state index contributed by atoms with van der Waals surface area (Å²) in [6, 6.07) is 2.29. The van der Waals surface area contributed by atoms with Crippen molar-refractivity contribution in [1.29, 1.82) is 0 Å². The summed E-state index contributed by atoms with van der Waals surface area (Å²) >= 11 is 3.21. The fourth-order valence-electron chi connectivity index (χ4n) is 1.76. The first-order chi connectivity index (χ1) is 10.4. The monoisotopic (exact) mass is 388 g/mol. The molecule has 7 heteroatoms. The number of hydrogen-bond donors (Lipinski definition) is 1. The summed E-state index contributed by atoms with van der Waals surface area (Å²) in [4.78, 5) is 24.5. The molecule has 1 aromatic carbocycles. The standard InChI is InChI=1S/C16H22BrFN2O3/c1-9(2)20(19-15(22)23-16(4,5)6)14(21)11-7-10(3)12(17)8-13(11)18/h7-9H,1-6H3,(H,19,22). The van der Waals surface area contributed by atoms with Crippen molar-refractivity contribution < 1.29 is 18.7 Å². The molecule has 0 unspecified atom stereocenters. The minimum absolute atomic E-state index is 0.115. The predicted octanol–water partition coefficient (Wildman–Crippen LogP) is 4.19. The van der Waals surface area contributed by atoms with Crippen LogP contribution < -0.4 is 5.43 Å². The maximum absolute atomic E-state index is 14.1. The molecule has 0 aliphatic heterocycles. The molecule has 0 spiro atoms. The van der Waals surface area contributed by atoms with E-state index in [1.807, 2.05) is 0 Å². The van der Waals surface area contributed by atoms with Crippen molar-refractivity contribution in [3.63, 3.8) is 0 Å². The molecule has 0 saturated carbocycles. The first-order valence-corrected chi connectivity index (χ1v) is 8.00. The molecule has 1 aromatic rings. The number of benzene rings is 1. The fraction of sp³-hybridized carbons (Fsp3) is 0.500. The number of carbonyl (C=O) groups excluding carboxylic acids is 2. The molecule has 0 aliphatic rings. The summed E-state index contributed by atoms with van der Waals surface area (Å²) in [5.41, 5.74) is 2.28. The Kier molecular flexibility index (Phi) is 6.16. The molecule has 23 heavy (non-hydrogen) atoms. The quantitative estimate of drug-likeness (QED) is 0.772. The highest BCUT2D eigenvalue weighted by molar-refractivity contribution is 9.10. The third-order valence-electron chi connectivity index (χ3n) is 2.82. The van der Waals surface area contributed by atoms with Gasteiger partial charge in [0.1, 0.15) is 11.4 Å². The lowest BCUT2D eigenvalue weighted by Gasteiger charge is -2.29. The second-order valence-electron chi connectivity index (χ2n) is 6.46. The average molecular weight is 389 g/mol. The van der Waals surface area contributed by atoms with Crippen molar-refractivity contribution >= 4 is 27.9 Å². The molecular formula is C16H22BrFN2O3. The first-order valence-electron chi connectivity index (χ1n) is 7.21. The van der Waals surface area contributed by atoms with Crippen molar-refractivity contribution in [2.24, 2.45) is 0 Å². The predicted molar refractivity (Wildman–Crippen MR) is 89.5 cm³/mol. The van der Waals surface area contributed by atoms with Crippen LogP contribution in [-0.4, -0.2) is 28.7 Å². The molecule has 1 N–H and O–H groups in total. The van der Waals surface area contributed by atoms with E-state index in [1.54, 1.807) is 41.5 Å². The van der Waals surface area contributed by atoms with E-state index in [2.05, 4.69) is 21.4 Å². The summed E-state index contributed by atoms with van der Waals surface area (Å²) in [6.45, 7) is 10.3. The number of ether oxygens (including phenoxy) is 1. The van der Waals surface area contributed by atoms with Gasteiger partial charge in [0.2, 0.25) is 0 Å². The Bertz CT molecular complexity index is 612. The van der Waals surface area contributed by atoms with Crippen LogP contribution in [0.25, 0.3) is 0 Å². The second-order valence-corrected chi connectivity index (χ2v) is 7.32. The van der Waals surface area contributed by atoms with Gasteiger partial charge in [0.05, 0.1) is 5.56 Å². The van der Waals surface area contributed by atoms with E-state index >= 15 is 0 Å². The highest BCUT2D eigenvalue weighted by Gasteiger charge is 2.26. The summed E-state index contributed by atoms with van der Waals surface area (Å²) in [5, 5.41) is 1.06. The number of aryl methyl sites for hydroxylation is 1. The van der Waals surface area contributed by atoms with Crippen LogP contribution in [0.5, 0.6) is 0 Å². The molecule has 0 aliphatic carbocycles. The van der Waals surface area contributed by atoms with Gasteiger partial charge in [-0.25, -0.2) is 19.6 Å². The number of halogens is 2. The molecule has 0 heterocycles. The van der Waals surface area contributed by atoms with Gasteiger partial charge in [0.15, 0.2) is 0 Å². The number of nitrogens with one attached hydrogen (secondary N) is 1. The normalized spacial score (nSPS) is 11.3. The third kappa shape index (κ3) is 5.49. The smallest absolute Gasteiger partial charge is 0.426 e. The van der Waals surface area contributed by atoms with Crippen LogP contribution in [0.2, 0.25) is 0 Å². The van der Waals surface area contributed by atoms with Crippen molar-refractivity contribution in [2.75, 3.05) is 0 Å². The van der Waals surface area contributed by atoms with Gasteiger partial charge in [0, 0.05) is 10.5 Å². The maximum Gasteiger partial charge on any atom is 0.426 e. The minimum atomic E-state index is -0.770. The Morgan fingerprint density at radius 1 is 1.30 bits per heavy atom. The fourth-order valence-corrected chi connectivity index (χ4v) is 2.08. The number of carbonyl (C=O) groups is 2. The van der Waals surface area contributed by atoms with E-state index in [0.717, 1.165) is 10.6 Å². The lowest BCUT2D eigenvalue weighted by molar-refractivity contribution is 0.0240. The summed E-state index contributed by atoms with van der Waals surface area (Å²) in [5.74, 6) is -1.30. The SMILES string of the molecule is Cc1cc(C(=O)N(NC(=O)OC(C)(C)C)C(C)C)c(F)cc1Br. The van der Waals surface area contributed by atoms with E-state index < -0.39 is 23.4 Å². The van der Waals surface area contributed by atoms with Crippen LogP contribution in [0.3, 0.4) is 0 Å². The van der Waals surface area contributed by atoms with Crippen molar-refractivity contribution in [3.8, 4) is 0 Å². The molecule has 2 amide bonds. The van der Waals surface area contributed by atoms with E-state index in [4.69, 9.17) is 4.74 Å². The first kappa shape index (κ1) is 19.4. The van der Waals surface area contributed by atoms with Gasteiger partial charge in [-0.05, 0) is 59.2 Å². The zero-order chi connectivity index (χ0) is 17.9. The van der Waals surface area contributed by atoms with Gasteiger partial charge in [-0.2, -0.15) is 0 Å². The van der Waals surface area contributed by atoms with Crippen LogP contribution in [0.1, 0.15) is 50.5 Å². The Morgan fingerprint density at radius 2 is 1.87 bits per heavy atom. The van der Waals surface area contributed by atoms with Gasteiger partial charge in [-0.1, -0.05) is 15.9 Å². The Labute approximate surface area is 144 Å². The molecule has 0 saturated heterocycles. The van der Waals surface area contributed by atoms with Crippen LogP contribution in [-0.2, 0) is 4.74 Å². The van der Waals surface area contributed by atoms with E-state index in [0.29, 0.717) is 4.47 Å². The van der Waals surface area contributed by atoms with Gasteiger partial charge in [-0.3, -0.25) is 4.79 Å². The zero-order valence-electron chi connectivity index (χ0n) is 14.2. The lowest BCUT2D eigenvalue weighted by Crippen LogP contribution is -2.51. The van der Waals surface area contributed by atoms with Gasteiger partial charge >= 0.3 is 6.09 Å². The van der Waals surface area contributed by atoms with Crippen molar-refractivity contribution in [1.82, 2.24) is 10.4 Å². The average Bonchev–Trinajstić information content (AvgIpc) is 2.37. The van der Waals surface area contributed by atoms with Crippen molar-refractivity contribution in [2.45, 2.75) is 53.2 Å². The highest BCUT2D eigenvalue weighted by Crippen LogP contribution is 2.22. The summed E-state index contributed by atoms with van der Waals surface area (Å²) in [6.07, 6.45) is -0.770. The zero-order valence-corrected chi connectivity index (χ0v) is 15.7. The van der Waals surface area contributed by atoms with Crippen LogP contribution >= 0.6 is 15.9 Å². The molecule has 0 radical (unpaired) electrons. The van der Waals surface area contributed by atoms with Gasteiger partial charge < -0.3 is 4.74 Å². The summed E-state index contributed by atoms with van der Waals surface area (Å²) < 4.78 is 19.8. The largest absolute Gasteiger partial charge is 0.443 e. The van der Waals surface area contributed by atoms with E-state index in [1.165, 1.54) is 12.1 Å². The Hall–Kier alpha value is -1.63. The molecule has 0 bridgehead atoms. The molecule has 0 atom stereocenters. The lowest BCUT2D eigenvalue weighted by atomic mass is 10.1. The molecule has 0 fully saturated rings. The minimum Gasteiger partial charge on any atom is -0.443 e. The number of hydrogen-bond acceptors (Lipinski definition) is 3. The number of rotatable bonds is 2. The number of nitrogens with zero attached hydrogens (tertiary/aromatic N) is 1. The topological polar surface area (TPSA) is 58.6 Å². The second kappa shape index (κ2) is 7.29. The molecule has 5 nitrogen and oxygen atoms in total. The van der Waals surface area contributed by atoms with E-state index in [9.17, 15) is 14.0 Å². The molecule has 0 aromatic heterocycles. The van der Waals surface area contributed by atoms with Gasteiger partial charge in [0.25, 0.3) is 5.91 Å². The number of amides is 2. The molecule has 128 valence electrons. The highest BCUT2D eigenvalue weighted by atomic mass is 79.9. The molecular weight excluding hydrogens is 367 g/mol. The Morgan fingerprint density at radius 3 is 2.35 bits per heavy atom. The van der Waals surface area contributed by atoms with E-state index in [-0.39, 0.29) is 11.6 Å².